The molecule has 0 spiro atoms. The SMILES string of the molecule is Cc1ccc(C(=O)Nc2c(C)cccc2C(C)C)cc1-n1cccc1. The van der Waals surface area contributed by atoms with Gasteiger partial charge in [0, 0.05) is 29.3 Å². The third-order valence-electron chi connectivity index (χ3n) is 4.52. The number of carbonyl (C=O) groups is 1. The number of nitrogens with zero attached hydrogens (tertiary/aromatic N) is 1. The Morgan fingerprint density at radius 3 is 2.36 bits per heavy atom. The number of aryl methyl sites for hydroxylation is 2. The number of rotatable bonds is 4. The van der Waals surface area contributed by atoms with Crippen LogP contribution in [0.25, 0.3) is 5.69 Å². The van der Waals surface area contributed by atoms with Crippen molar-refractivity contribution in [3.05, 3.63) is 83.2 Å². The Labute approximate surface area is 149 Å². The molecule has 3 heteroatoms. The van der Waals surface area contributed by atoms with Gasteiger partial charge in [-0.05, 0) is 60.7 Å². The molecule has 3 aromatic rings. The van der Waals surface area contributed by atoms with Crippen molar-refractivity contribution in [1.82, 2.24) is 4.57 Å². The standard InChI is InChI=1S/C22H24N2O/c1-15(2)19-9-7-8-17(4)21(19)23-22(25)18-11-10-16(3)20(14-18)24-12-5-6-13-24/h5-15H,1-4H3,(H,23,25). The Morgan fingerprint density at radius 2 is 1.68 bits per heavy atom. The molecule has 1 N–H and O–H groups in total. The number of hydrogen-bond acceptors (Lipinski definition) is 1. The number of amides is 1. The molecule has 1 amide bonds. The van der Waals surface area contributed by atoms with Crippen molar-refractivity contribution < 1.29 is 4.79 Å². The van der Waals surface area contributed by atoms with Gasteiger partial charge in [0.05, 0.1) is 0 Å². The molecule has 0 saturated carbocycles. The average molecular weight is 332 g/mol. The average Bonchev–Trinajstić information content (AvgIpc) is 3.11. The number of hydrogen-bond donors (Lipinski definition) is 1. The van der Waals surface area contributed by atoms with E-state index in [4.69, 9.17) is 0 Å². The van der Waals surface area contributed by atoms with Crippen molar-refractivity contribution in [2.75, 3.05) is 5.32 Å². The minimum Gasteiger partial charge on any atom is -0.324 e. The second-order valence-corrected chi connectivity index (χ2v) is 6.74. The topological polar surface area (TPSA) is 34.0 Å². The molecule has 2 aromatic carbocycles. The Balaban J connectivity index is 1.94. The summed E-state index contributed by atoms with van der Waals surface area (Å²) in [6, 6.07) is 15.9. The van der Waals surface area contributed by atoms with Crippen LogP contribution in [0.5, 0.6) is 0 Å². The quantitative estimate of drug-likeness (QED) is 0.675. The summed E-state index contributed by atoms with van der Waals surface area (Å²) in [5.74, 6) is 0.272. The van der Waals surface area contributed by atoms with Crippen molar-refractivity contribution in [2.24, 2.45) is 0 Å². The first kappa shape index (κ1) is 17.0. The molecule has 1 heterocycles. The van der Waals surface area contributed by atoms with E-state index in [1.54, 1.807) is 0 Å². The lowest BCUT2D eigenvalue weighted by atomic mass is 9.98. The molecular weight excluding hydrogens is 308 g/mol. The zero-order valence-corrected chi connectivity index (χ0v) is 15.2. The fourth-order valence-corrected chi connectivity index (χ4v) is 3.05. The van der Waals surface area contributed by atoms with Gasteiger partial charge in [-0.15, -0.1) is 0 Å². The Hall–Kier alpha value is -2.81. The molecule has 0 aliphatic carbocycles. The lowest BCUT2D eigenvalue weighted by molar-refractivity contribution is 0.102. The number of anilines is 1. The van der Waals surface area contributed by atoms with Crippen molar-refractivity contribution >= 4 is 11.6 Å². The summed E-state index contributed by atoms with van der Waals surface area (Å²) in [6.07, 6.45) is 3.98. The van der Waals surface area contributed by atoms with E-state index in [2.05, 4.69) is 32.2 Å². The summed E-state index contributed by atoms with van der Waals surface area (Å²) in [5, 5.41) is 3.12. The maximum Gasteiger partial charge on any atom is 0.255 e. The highest BCUT2D eigenvalue weighted by atomic mass is 16.1. The van der Waals surface area contributed by atoms with Gasteiger partial charge in [0.15, 0.2) is 0 Å². The van der Waals surface area contributed by atoms with E-state index < -0.39 is 0 Å². The summed E-state index contributed by atoms with van der Waals surface area (Å²) < 4.78 is 2.03. The largest absolute Gasteiger partial charge is 0.324 e. The second-order valence-electron chi connectivity index (χ2n) is 6.74. The van der Waals surface area contributed by atoms with Crippen LogP contribution in [0.15, 0.2) is 60.9 Å². The highest BCUT2D eigenvalue weighted by Gasteiger charge is 2.14. The first-order valence-corrected chi connectivity index (χ1v) is 8.62. The maximum absolute atomic E-state index is 12.9. The van der Waals surface area contributed by atoms with Gasteiger partial charge in [0.2, 0.25) is 0 Å². The number of benzene rings is 2. The van der Waals surface area contributed by atoms with Crippen LogP contribution in [0.2, 0.25) is 0 Å². The molecule has 0 aliphatic heterocycles. The Bertz CT molecular complexity index is 892. The molecule has 128 valence electrons. The van der Waals surface area contributed by atoms with Crippen LogP contribution in [0.4, 0.5) is 5.69 Å². The monoisotopic (exact) mass is 332 g/mol. The van der Waals surface area contributed by atoms with Gasteiger partial charge in [-0.25, -0.2) is 0 Å². The van der Waals surface area contributed by atoms with Gasteiger partial charge < -0.3 is 9.88 Å². The minimum absolute atomic E-state index is 0.0791. The number of para-hydroxylation sites is 1. The molecule has 0 radical (unpaired) electrons. The normalized spacial score (nSPS) is 10.9. The van der Waals surface area contributed by atoms with E-state index in [0.29, 0.717) is 11.5 Å². The van der Waals surface area contributed by atoms with E-state index in [-0.39, 0.29) is 5.91 Å². The molecule has 0 bridgehead atoms. The van der Waals surface area contributed by atoms with Crippen LogP contribution >= 0.6 is 0 Å². The first-order valence-electron chi connectivity index (χ1n) is 8.62. The fraction of sp³-hybridized carbons (Fsp3) is 0.227. The van der Waals surface area contributed by atoms with Gasteiger partial charge >= 0.3 is 0 Å². The lowest BCUT2D eigenvalue weighted by Gasteiger charge is -2.17. The Morgan fingerprint density at radius 1 is 0.960 bits per heavy atom. The number of nitrogens with one attached hydrogen (secondary N) is 1. The predicted octanol–water partition coefficient (Wildman–Crippen LogP) is 5.47. The molecule has 0 fully saturated rings. The summed E-state index contributed by atoms with van der Waals surface area (Å²) in [4.78, 5) is 12.9. The van der Waals surface area contributed by atoms with Gasteiger partial charge in [-0.2, -0.15) is 0 Å². The molecule has 25 heavy (non-hydrogen) atoms. The van der Waals surface area contributed by atoms with Crippen LogP contribution in [-0.2, 0) is 0 Å². The van der Waals surface area contributed by atoms with Gasteiger partial charge in [0.1, 0.15) is 0 Å². The smallest absolute Gasteiger partial charge is 0.255 e. The molecule has 3 rings (SSSR count). The molecule has 1 aromatic heterocycles. The molecule has 0 saturated heterocycles. The molecular formula is C22H24N2O. The third kappa shape index (κ3) is 3.50. The van der Waals surface area contributed by atoms with Crippen molar-refractivity contribution in [2.45, 2.75) is 33.6 Å². The van der Waals surface area contributed by atoms with Gasteiger partial charge in [-0.1, -0.05) is 38.1 Å². The predicted molar refractivity (Wildman–Crippen MR) is 104 cm³/mol. The molecule has 0 atom stereocenters. The van der Waals surface area contributed by atoms with Crippen LogP contribution in [0, 0.1) is 13.8 Å². The summed E-state index contributed by atoms with van der Waals surface area (Å²) >= 11 is 0. The van der Waals surface area contributed by atoms with E-state index >= 15 is 0 Å². The Kier molecular flexibility index (Phi) is 4.75. The molecule has 0 aliphatic rings. The van der Waals surface area contributed by atoms with Gasteiger partial charge in [-0.3, -0.25) is 4.79 Å². The van der Waals surface area contributed by atoms with E-state index in [0.717, 1.165) is 28.1 Å². The van der Waals surface area contributed by atoms with Crippen LogP contribution in [-0.4, -0.2) is 10.5 Å². The minimum atomic E-state index is -0.0791. The molecule has 3 nitrogen and oxygen atoms in total. The van der Waals surface area contributed by atoms with Crippen LogP contribution < -0.4 is 5.32 Å². The lowest BCUT2D eigenvalue weighted by Crippen LogP contribution is -2.15. The van der Waals surface area contributed by atoms with Crippen molar-refractivity contribution in [1.29, 1.82) is 0 Å². The van der Waals surface area contributed by atoms with E-state index in [9.17, 15) is 4.79 Å². The highest BCUT2D eigenvalue weighted by Crippen LogP contribution is 2.28. The zero-order chi connectivity index (χ0) is 18.0. The molecule has 0 unspecified atom stereocenters. The van der Waals surface area contributed by atoms with E-state index in [1.165, 1.54) is 0 Å². The number of carbonyl (C=O) groups excluding carboxylic acids is 1. The summed E-state index contributed by atoms with van der Waals surface area (Å²) in [5.41, 5.74) is 5.97. The highest BCUT2D eigenvalue weighted by molar-refractivity contribution is 6.05. The summed E-state index contributed by atoms with van der Waals surface area (Å²) in [6.45, 7) is 8.36. The van der Waals surface area contributed by atoms with Crippen molar-refractivity contribution in [3.63, 3.8) is 0 Å². The second kappa shape index (κ2) is 6.98. The van der Waals surface area contributed by atoms with Gasteiger partial charge in [0.25, 0.3) is 5.91 Å². The number of aromatic nitrogens is 1. The van der Waals surface area contributed by atoms with Crippen LogP contribution in [0.1, 0.15) is 46.8 Å². The summed E-state index contributed by atoms with van der Waals surface area (Å²) in [7, 11) is 0. The third-order valence-corrected chi connectivity index (χ3v) is 4.52. The first-order chi connectivity index (χ1) is 12.0. The fourth-order valence-electron chi connectivity index (χ4n) is 3.05. The van der Waals surface area contributed by atoms with Crippen molar-refractivity contribution in [3.8, 4) is 5.69 Å². The van der Waals surface area contributed by atoms with Crippen LogP contribution in [0.3, 0.4) is 0 Å². The maximum atomic E-state index is 12.9. The zero-order valence-electron chi connectivity index (χ0n) is 15.2. The van der Waals surface area contributed by atoms with E-state index in [1.807, 2.05) is 66.3 Å².